The van der Waals surface area contributed by atoms with Crippen LogP contribution in [0.25, 0.3) is 10.9 Å². The van der Waals surface area contributed by atoms with Gasteiger partial charge in [0.2, 0.25) is 0 Å². The Kier molecular flexibility index (Phi) is 6.16. The zero-order valence-corrected chi connectivity index (χ0v) is 20.4. The van der Waals surface area contributed by atoms with Crippen molar-refractivity contribution in [3.05, 3.63) is 88.1 Å². The monoisotopic (exact) mass is 500 g/mol. The van der Waals surface area contributed by atoms with Gasteiger partial charge in [-0.15, -0.1) is 0 Å². The minimum absolute atomic E-state index is 0.0415. The third-order valence-electron chi connectivity index (χ3n) is 6.57. The maximum absolute atomic E-state index is 13.8. The fourth-order valence-corrected chi connectivity index (χ4v) is 4.36. The number of halogens is 1. The molecule has 1 saturated heterocycles. The normalized spacial score (nSPS) is 12.9. The Hall–Kier alpha value is -4.60. The molecule has 0 unspecified atom stereocenters. The summed E-state index contributed by atoms with van der Waals surface area (Å²) in [6.07, 6.45) is 1.04. The number of rotatable bonds is 6. The third-order valence-corrected chi connectivity index (χ3v) is 6.57. The smallest absolute Gasteiger partial charge is 0.267 e. The molecule has 0 atom stereocenters. The van der Waals surface area contributed by atoms with Gasteiger partial charge in [-0.2, -0.15) is 5.10 Å². The Labute approximate surface area is 212 Å². The van der Waals surface area contributed by atoms with Crippen molar-refractivity contribution < 1.29 is 18.8 Å². The molecule has 3 amide bonds. The summed E-state index contributed by atoms with van der Waals surface area (Å²) >= 11 is 0. The maximum Gasteiger partial charge on any atom is 0.267 e. The number of aryl methyl sites for hydroxylation is 1. The van der Waals surface area contributed by atoms with Gasteiger partial charge in [0.25, 0.3) is 17.7 Å². The van der Waals surface area contributed by atoms with E-state index in [2.05, 4.69) is 15.4 Å². The van der Waals surface area contributed by atoms with Crippen molar-refractivity contribution in [2.75, 3.05) is 18.4 Å². The van der Waals surface area contributed by atoms with Gasteiger partial charge in [-0.25, -0.2) is 9.37 Å². The predicted molar refractivity (Wildman–Crippen MR) is 136 cm³/mol. The van der Waals surface area contributed by atoms with Crippen molar-refractivity contribution in [2.24, 2.45) is 5.73 Å². The van der Waals surface area contributed by atoms with Gasteiger partial charge in [-0.1, -0.05) is 12.1 Å². The van der Waals surface area contributed by atoms with E-state index in [4.69, 9.17) is 5.73 Å². The van der Waals surface area contributed by atoms with Crippen LogP contribution in [-0.4, -0.2) is 50.5 Å². The van der Waals surface area contributed by atoms with Crippen LogP contribution in [0.2, 0.25) is 0 Å². The van der Waals surface area contributed by atoms with Gasteiger partial charge in [-0.05, 0) is 56.2 Å². The van der Waals surface area contributed by atoms with Crippen LogP contribution in [0, 0.1) is 19.7 Å². The molecule has 1 fully saturated rings. The largest absolute Gasteiger partial charge is 0.364 e. The Morgan fingerprint density at radius 1 is 1.05 bits per heavy atom. The van der Waals surface area contributed by atoms with E-state index in [1.807, 2.05) is 36.1 Å². The van der Waals surface area contributed by atoms with E-state index in [0.717, 1.165) is 36.8 Å². The van der Waals surface area contributed by atoms with E-state index in [1.54, 1.807) is 11.6 Å². The van der Waals surface area contributed by atoms with Crippen LogP contribution in [0.1, 0.15) is 54.6 Å². The number of hydrogen-bond donors (Lipinski definition) is 2. The highest BCUT2D eigenvalue weighted by molar-refractivity contribution is 6.14. The van der Waals surface area contributed by atoms with Gasteiger partial charge >= 0.3 is 0 Å². The molecule has 2 aromatic heterocycles. The number of likely N-dealkylation sites (tertiary alicyclic amines) is 1. The molecule has 0 radical (unpaired) electrons. The lowest BCUT2D eigenvalue weighted by Crippen LogP contribution is -2.41. The Bertz CT molecular complexity index is 1560. The van der Waals surface area contributed by atoms with Gasteiger partial charge < -0.3 is 16.0 Å². The molecule has 10 heteroatoms. The first-order chi connectivity index (χ1) is 17.7. The Morgan fingerprint density at radius 2 is 1.78 bits per heavy atom. The molecule has 1 aliphatic heterocycles. The van der Waals surface area contributed by atoms with Crippen LogP contribution in [0.15, 0.2) is 48.5 Å². The minimum atomic E-state index is -0.821. The molecule has 5 rings (SSSR count). The van der Waals surface area contributed by atoms with Gasteiger partial charge in [-0.3, -0.25) is 19.1 Å². The van der Waals surface area contributed by atoms with Crippen LogP contribution in [-0.2, 0) is 6.54 Å². The van der Waals surface area contributed by atoms with Gasteiger partial charge in [0, 0.05) is 30.1 Å². The number of hydrogen-bond acceptors (Lipinski definition) is 5. The van der Waals surface area contributed by atoms with Crippen molar-refractivity contribution in [2.45, 2.75) is 26.8 Å². The Morgan fingerprint density at radius 3 is 2.43 bits per heavy atom. The fraction of sp³-hybridized carbons (Fsp3) is 0.222. The number of amides is 3. The van der Waals surface area contributed by atoms with E-state index >= 15 is 0 Å². The average Bonchev–Trinajstić information content (AvgIpc) is 3.09. The van der Waals surface area contributed by atoms with E-state index in [1.165, 1.54) is 18.2 Å². The van der Waals surface area contributed by atoms with Gasteiger partial charge in [0.05, 0.1) is 34.7 Å². The van der Waals surface area contributed by atoms with E-state index < -0.39 is 17.6 Å². The standard InChI is InChI=1S/C27H25FN6O3/c1-15-24(31-26(36)21-13-23(25(29)35)30-22-12-19(28)8-9-20(21)22)16(2)34(32-15)14-17-4-6-18(7-5-17)27(37)33-10-3-11-33/h4-9,12-13H,3,10-11,14H2,1-2H3,(H2,29,35)(H,31,36). The van der Waals surface area contributed by atoms with E-state index in [0.29, 0.717) is 28.9 Å². The molecule has 37 heavy (non-hydrogen) atoms. The summed E-state index contributed by atoms with van der Waals surface area (Å²) in [6, 6.07) is 12.5. The molecule has 1 aliphatic rings. The molecule has 188 valence electrons. The highest BCUT2D eigenvalue weighted by Crippen LogP contribution is 2.25. The van der Waals surface area contributed by atoms with Crippen molar-refractivity contribution >= 4 is 34.3 Å². The average molecular weight is 501 g/mol. The Balaban J connectivity index is 1.39. The maximum atomic E-state index is 13.8. The highest BCUT2D eigenvalue weighted by atomic mass is 19.1. The molecule has 0 saturated carbocycles. The number of benzene rings is 2. The molecule has 9 nitrogen and oxygen atoms in total. The van der Waals surface area contributed by atoms with Gasteiger partial charge in [0.15, 0.2) is 0 Å². The zero-order chi connectivity index (χ0) is 26.3. The lowest BCUT2D eigenvalue weighted by atomic mass is 10.1. The number of nitrogens with two attached hydrogens (primary N) is 1. The van der Waals surface area contributed by atoms with Crippen LogP contribution >= 0.6 is 0 Å². The summed E-state index contributed by atoms with van der Waals surface area (Å²) in [6.45, 7) is 5.67. The molecule has 2 aromatic carbocycles. The number of primary amides is 1. The third kappa shape index (κ3) is 4.65. The first-order valence-electron chi connectivity index (χ1n) is 11.8. The highest BCUT2D eigenvalue weighted by Gasteiger charge is 2.22. The number of carbonyl (C=O) groups excluding carboxylic acids is 3. The second-order valence-electron chi connectivity index (χ2n) is 9.08. The summed E-state index contributed by atoms with van der Waals surface area (Å²) in [4.78, 5) is 43.3. The molecule has 3 N–H and O–H groups in total. The number of fused-ring (bicyclic) bond motifs is 1. The zero-order valence-electron chi connectivity index (χ0n) is 20.4. The first kappa shape index (κ1) is 24.1. The molecular formula is C27H25FN6O3. The fourth-order valence-electron chi connectivity index (χ4n) is 4.36. The summed E-state index contributed by atoms with van der Waals surface area (Å²) in [5.74, 6) is -1.82. The van der Waals surface area contributed by atoms with Gasteiger partial charge in [0.1, 0.15) is 11.5 Å². The molecule has 3 heterocycles. The summed E-state index contributed by atoms with van der Waals surface area (Å²) in [7, 11) is 0. The number of nitrogens with one attached hydrogen (secondary N) is 1. The summed E-state index contributed by atoms with van der Waals surface area (Å²) in [5, 5.41) is 7.84. The number of pyridine rings is 1. The number of anilines is 1. The quantitative estimate of drug-likeness (QED) is 0.420. The molecule has 4 aromatic rings. The van der Waals surface area contributed by atoms with Crippen LogP contribution < -0.4 is 11.1 Å². The minimum Gasteiger partial charge on any atom is -0.364 e. The van der Waals surface area contributed by atoms with Crippen LogP contribution in [0.4, 0.5) is 10.1 Å². The lowest BCUT2D eigenvalue weighted by molar-refractivity contribution is 0.0651. The number of aromatic nitrogens is 3. The lowest BCUT2D eigenvalue weighted by Gasteiger charge is -2.30. The topological polar surface area (TPSA) is 123 Å². The SMILES string of the molecule is Cc1nn(Cc2ccc(C(=O)N3CCC3)cc2)c(C)c1NC(=O)c1cc(C(N)=O)nc2cc(F)ccc12. The molecule has 0 aliphatic carbocycles. The number of nitrogens with zero attached hydrogens (tertiary/aromatic N) is 4. The van der Waals surface area contributed by atoms with E-state index in [9.17, 15) is 18.8 Å². The predicted octanol–water partition coefficient (Wildman–Crippen LogP) is 3.43. The van der Waals surface area contributed by atoms with E-state index in [-0.39, 0.29) is 22.7 Å². The van der Waals surface area contributed by atoms with Crippen molar-refractivity contribution in [3.8, 4) is 0 Å². The number of carbonyl (C=O) groups is 3. The van der Waals surface area contributed by atoms with Crippen LogP contribution in [0.3, 0.4) is 0 Å². The summed E-state index contributed by atoms with van der Waals surface area (Å²) < 4.78 is 15.5. The second-order valence-corrected chi connectivity index (χ2v) is 9.08. The molecule has 0 spiro atoms. The molecule has 0 bridgehead atoms. The van der Waals surface area contributed by atoms with Crippen molar-refractivity contribution in [1.82, 2.24) is 19.7 Å². The molecular weight excluding hydrogens is 475 g/mol. The van der Waals surface area contributed by atoms with Crippen molar-refractivity contribution in [3.63, 3.8) is 0 Å². The van der Waals surface area contributed by atoms with Crippen molar-refractivity contribution in [1.29, 1.82) is 0 Å². The summed E-state index contributed by atoms with van der Waals surface area (Å²) in [5.41, 5.74) is 9.02. The van der Waals surface area contributed by atoms with Crippen LogP contribution in [0.5, 0.6) is 0 Å². The second kappa shape index (κ2) is 9.45. The first-order valence-corrected chi connectivity index (χ1v) is 11.8.